The first kappa shape index (κ1) is 13.7. The fourth-order valence-corrected chi connectivity index (χ4v) is 1.95. The van der Waals surface area contributed by atoms with Gasteiger partial charge in [-0.1, -0.05) is 0 Å². The molecule has 7 heteroatoms. The molecule has 1 aromatic carbocycles. The molecule has 3 N–H and O–H groups in total. The molecule has 2 rings (SSSR count). The van der Waals surface area contributed by atoms with Crippen molar-refractivity contribution in [3.63, 3.8) is 0 Å². The number of hydrogen-bond donors (Lipinski definition) is 2. The van der Waals surface area contributed by atoms with Crippen LogP contribution in [0.15, 0.2) is 16.9 Å². The summed E-state index contributed by atoms with van der Waals surface area (Å²) in [5, 5.41) is 0.475. The summed E-state index contributed by atoms with van der Waals surface area (Å²) in [5.74, 6) is 0.0934. The van der Waals surface area contributed by atoms with Gasteiger partial charge in [0, 0.05) is 11.5 Å². The molecule has 0 unspecified atom stereocenters. The summed E-state index contributed by atoms with van der Waals surface area (Å²) in [6.45, 7) is 0. The van der Waals surface area contributed by atoms with E-state index in [1.54, 1.807) is 12.1 Å². The minimum atomic E-state index is -0.791. The van der Waals surface area contributed by atoms with E-state index in [0.717, 1.165) is 0 Å². The summed E-state index contributed by atoms with van der Waals surface area (Å²) in [5.41, 5.74) is 5.53. The average Bonchev–Trinajstić information content (AvgIpc) is 2.45. The van der Waals surface area contributed by atoms with Crippen LogP contribution in [0.25, 0.3) is 10.9 Å². The number of ether oxygens (including phenoxy) is 3. The molecular weight excluding hydrogens is 264 g/mol. The predicted molar refractivity (Wildman–Crippen MR) is 73.4 cm³/mol. The summed E-state index contributed by atoms with van der Waals surface area (Å²) in [6.07, 6.45) is 0. The Bertz CT molecular complexity index is 736. The maximum atomic E-state index is 11.9. The van der Waals surface area contributed by atoms with Crippen LogP contribution >= 0.6 is 0 Å². The van der Waals surface area contributed by atoms with Crippen LogP contribution in [0, 0.1) is 0 Å². The number of rotatable bonds is 3. The topological polar surface area (TPSA) is 104 Å². The molecule has 0 saturated heterocycles. The van der Waals surface area contributed by atoms with Crippen LogP contribution in [0.4, 0.5) is 5.69 Å². The quantitative estimate of drug-likeness (QED) is 0.809. The normalized spacial score (nSPS) is 10.3. The Morgan fingerprint density at radius 1 is 1.15 bits per heavy atom. The van der Waals surface area contributed by atoms with Crippen molar-refractivity contribution in [2.45, 2.75) is 0 Å². The molecule has 0 spiro atoms. The molecule has 1 heterocycles. The number of nitrogen functional groups attached to an aromatic ring is 1. The van der Waals surface area contributed by atoms with Crippen LogP contribution < -0.4 is 20.8 Å². The zero-order valence-electron chi connectivity index (χ0n) is 11.3. The van der Waals surface area contributed by atoms with Crippen LogP contribution in [0.3, 0.4) is 0 Å². The fourth-order valence-electron chi connectivity index (χ4n) is 1.95. The van der Waals surface area contributed by atoms with Crippen LogP contribution in [-0.2, 0) is 4.74 Å². The predicted octanol–water partition coefficient (Wildman–Crippen LogP) is 0.914. The smallest absolute Gasteiger partial charge is 0.345 e. The molecule has 0 radical (unpaired) electrons. The largest absolute Gasteiger partial charge is 0.493 e. The molecule has 7 nitrogen and oxygen atoms in total. The van der Waals surface area contributed by atoms with Crippen molar-refractivity contribution in [3.8, 4) is 11.5 Å². The maximum Gasteiger partial charge on any atom is 0.345 e. The molecule has 20 heavy (non-hydrogen) atoms. The molecule has 0 bridgehead atoms. The Labute approximate surface area is 114 Å². The van der Waals surface area contributed by atoms with Crippen molar-refractivity contribution in [3.05, 3.63) is 28.0 Å². The molecule has 0 atom stereocenters. The van der Waals surface area contributed by atoms with Gasteiger partial charge in [-0.15, -0.1) is 0 Å². The molecule has 0 saturated carbocycles. The number of carbonyl (C=O) groups excluding carboxylic acids is 1. The lowest BCUT2D eigenvalue weighted by atomic mass is 10.1. The fraction of sp³-hybridized carbons (Fsp3) is 0.231. The van der Waals surface area contributed by atoms with Gasteiger partial charge in [-0.05, 0) is 6.07 Å². The molecule has 106 valence electrons. The van der Waals surface area contributed by atoms with E-state index < -0.39 is 11.5 Å². The van der Waals surface area contributed by atoms with Crippen molar-refractivity contribution < 1.29 is 19.0 Å². The first-order chi connectivity index (χ1) is 9.53. The van der Waals surface area contributed by atoms with E-state index in [4.69, 9.17) is 15.2 Å². The zero-order valence-corrected chi connectivity index (χ0v) is 11.3. The monoisotopic (exact) mass is 278 g/mol. The lowest BCUT2D eigenvalue weighted by Gasteiger charge is -2.11. The average molecular weight is 278 g/mol. The number of nitrogens with one attached hydrogen (secondary N) is 1. The van der Waals surface area contributed by atoms with Crippen LogP contribution in [-0.4, -0.2) is 32.3 Å². The number of pyridine rings is 1. The van der Waals surface area contributed by atoms with Crippen LogP contribution in [0.1, 0.15) is 10.4 Å². The van der Waals surface area contributed by atoms with Crippen LogP contribution in [0.2, 0.25) is 0 Å². The number of anilines is 1. The van der Waals surface area contributed by atoms with Gasteiger partial charge in [0.25, 0.3) is 5.56 Å². The molecule has 2 aromatic rings. The first-order valence-electron chi connectivity index (χ1n) is 5.69. The number of nitrogens with two attached hydrogens (primary N) is 1. The van der Waals surface area contributed by atoms with Crippen molar-refractivity contribution in [2.24, 2.45) is 0 Å². The van der Waals surface area contributed by atoms with E-state index in [1.165, 1.54) is 21.3 Å². The Balaban J connectivity index is 2.84. The molecule has 0 aliphatic heterocycles. The molecule has 0 amide bonds. The lowest BCUT2D eigenvalue weighted by molar-refractivity contribution is 0.0600. The number of methoxy groups -OCH3 is 3. The summed E-state index contributed by atoms with van der Waals surface area (Å²) in [6, 6.07) is 3.17. The van der Waals surface area contributed by atoms with Crippen molar-refractivity contribution in [1.29, 1.82) is 0 Å². The third kappa shape index (κ3) is 2.03. The number of aromatic amines is 1. The lowest BCUT2D eigenvalue weighted by Crippen LogP contribution is -2.21. The van der Waals surface area contributed by atoms with Crippen molar-refractivity contribution in [2.75, 3.05) is 27.1 Å². The number of esters is 1. The number of carbonyl (C=O) groups is 1. The highest BCUT2D eigenvalue weighted by Crippen LogP contribution is 2.33. The van der Waals surface area contributed by atoms with E-state index >= 15 is 0 Å². The van der Waals surface area contributed by atoms with Gasteiger partial charge < -0.3 is 24.9 Å². The SMILES string of the molecule is COC(=O)c1c(N)c2cc(OC)c(OC)cc2[nH]c1=O. The number of hydrogen-bond acceptors (Lipinski definition) is 6. The zero-order chi connectivity index (χ0) is 14.9. The van der Waals surface area contributed by atoms with Crippen molar-refractivity contribution >= 4 is 22.6 Å². The Hall–Kier alpha value is -2.70. The van der Waals surface area contributed by atoms with Crippen LogP contribution in [0.5, 0.6) is 11.5 Å². The molecule has 1 aromatic heterocycles. The van der Waals surface area contributed by atoms with Gasteiger partial charge in [0.05, 0.1) is 32.5 Å². The minimum absolute atomic E-state index is 0.0385. The highest BCUT2D eigenvalue weighted by molar-refractivity contribution is 6.04. The van der Waals surface area contributed by atoms with Gasteiger partial charge in [0.15, 0.2) is 11.5 Å². The van der Waals surface area contributed by atoms with Gasteiger partial charge in [0.1, 0.15) is 5.56 Å². The van der Waals surface area contributed by atoms with E-state index in [2.05, 4.69) is 9.72 Å². The second-order valence-corrected chi connectivity index (χ2v) is 3.99. The summed E-state index contributed by atoms with van der Waals surface area (Å²) >= 11 is 0. The second kappa shape index (κ2) is 5.12. The summed E-state index contributed by atoms with van der Waals surface area (Å²) < 4.78 is 14.9. The standard InChI is InChI=1S/C13H14N2O5/c1-18-8-4-6-7(5-9(8)19-2)15-12(16)10(11(6)14)13(17)20-3/h4-5H,1-3H3,(H3,14,15,16). The van der Waals surface area contributed by atoms with E-state index in [1.807, 2.05) is 0 Å². The van der Waals surface area contributed by atoms with Gasteiger partial charge >= 0.3 is 5.97 Å². The van der Waals surface area contributed by atoms with Gasteiger partial charge in [-0.2, -0.15) is 0 Å². The highest BCUT2D eigenvalue weighted by atomic mass is 16.5. The minimum Gasteiger partial charge on any atom is -0.493 e. The molecular formula is C13H14N2O5. The van der Waals surface area contributed by atoms with Gasteiger partial charge in [0.2, 0.25) is 0 Å². The Morgan fingerprint density at radius 3 is 2.30 bits per heavy atom. The number of H-pyrrole nitrogens is 1. The molecule has 0 aliphatic rings. The second-order valence-electron chi connectivity index (χ2n) is 3.99. The first-order valence-corrected chi connectivity index (χ1v) is 5.69. The number of benzene rings is 1. The molecule has 0 fully saturated rings. The van der Waals surface area contributed by atoms with E-state index in [9.17, 15) is 9.59 Å². The maximum absolute atomic E-state index is 11.9. The van der Waals surface area contributed by atoms with Gasteiger partial charge in [-0.25, -0.2) is 4.79 Å². The van der Waals surface area contributed by atoms with Gasteiger partial charge in [-0.3, -0.25) is 4.79 Å². The number of aromatic nitrogens is 1. The Morgan fingerprint density at radius 2 is 1.75 bits per heavy atom. The summed E-state index contributed by atoms with van der Waals surface area (Å²) in [7, 11) is 4.14. The van der Waals surface area contributed by atoms with Crippen molar-refractivity contribution in [1.82, 2.24) is 4.98 Å². The Kier molecular flexibility index (Phi) is 3.51. The third-order valence-corrected chi connectivity index (χ3v) is 2.95. The van der Waals surface area contributed by atoms with E-state index in [-0.39, 0.29) is 11.3 Å². The number of fused-ring (bicyclic) bond motifs is 1. The molecule has 0 aliphatic carbocycles. The third-order valence-electron chi connectivity index (χ3n) is 2.95. The summed E-state index contributed by atoms with van der Waals surface area (Å²) in [4.78, 5) is 26.1. The van der Waals surface area contributed by atoms with E-state index in [0.29, 0.717) is 22.4 Å². The highest BCUT2D eigenvalue weighted by Gasteiger charge is 2.19.